The summed E-state index contributed by atoms with van der Waals surface area (Å²) in [7, 11) is 0. The Kier molecular flexibility index (Phi) is 5.19. The Balaban J connectivity index is 1.48. The van der Waals surface area contributed by atoms with Crippen molar-refractivity contribution in [2.45, 2.75) is 16.2 Å². The van der Waals surface area contributed by atoms with E-state index in [1.54, 1.807) is 36.0 Å². The second-order valence-electron chi connectivity index (χ2n) is 7.63. The Morgan fingerprint density at radius 2 is 1.50 bits per heavy atom. The van der Waals surface area contributed by atoms with E-state index in [1.807, 2.05) is 18.2 Å². The van der Waals surface area contributed by atoms with E-state index in [1.165, 1.54) is 5.69 Å². The van der Waals surface area contributed by atoms with Gasteiger partial charge in [0.05, 0.1) is 10.1 Å². The molecule has 0 spiro atoms. The van der Waals surface area contributed by atoms with Crippen molar-refractivity contribution in [1.82, 2.24) is 5.32 Å². The molecule has 2 heterocycles. The Morgan fingerprint density at radius 1 is 0.833 bits per heavy atom. The quantitative estimate of drug-likeness (QED) is 0.581. The number of benzene rings is 3. The first kappa shape index (κ1) is 19.2. The minimum absolute atomic E-state index is 0.00457. The van der Waals surface area contributed by atoms with Crippen LogP contribution in [-0.4, -0.2) is 36.4 Å². The van der Waals surface area contributed by atoms with Crippen LogP contribution in [0.1, 0.15) is 22.5 Å². The zero-order valence-electron chi connectivity index (χ0n) is 16.5. The number of ether oxygens (including phenoxy) is 1. The van der Waals surface area contributed by atoms with Gasteiger partial charge in [0.15, 0.2) is 0 Å². The second-order valence-corrected chi connectivity index (χ2v) is 8.81. The molecule has 5 nitrogen and oxygen atoms in total. The van der Waals surface area contributed by atoms with Gasteiger partial charge in [-0.2, -0.15) is 0 Å². The van der Waals surface area contributed by atoms with Gasteiger partial charge in [-0.05, 0) is 53.6 Å². The molecule has 3 aromatic carbocycles. The number of aromatic hydroxyl groups is 2. The van der Waals surface area contributed by atoms with Crippen molar-refractivity contribution in [3.05, 3.63) is 77.9 Å². The molecule has 0 aliphatic carbocycles. The molecule has 3 N–H and O–H groups in total. The number of piperazine rings is 1. The van der Waals surface area contributed by atoms with Gasteiger partial charge in [-0.15, -0.1) is 11.8 Å². The third kappa shape index (κ3) is 3.80. The number of rotatable bonds is 3. The molecule has 2 atom stereocenters. The summed E-state index contributed by atoms with van der Waals surface area (Å²) in [5.41, 5.74) is 3.41. The molecule has 0 amide bonds. The van der Waals surface area contributed by atoms with E-state index in [9.17, 15) is 10.2 Å². The van der Waals surface area contributed by atoms with Crippen molar-refractivity contribution in [2.75, 3.05) is 31.1 Å². The SMILES string of the molecule is Oc1ccc(C2Sc3cc(O)ccc3OC2c2ccc(N3CCNCC3)cc2)cc1. The summed E-state index contributed by atoms with van der Waals surface area (Å²) in [5.74, 6) is 1.26. The van der Waals surface area contributed by atoms with Crippen LogP contribution in [0.15, 0.2) is 71.6 Å². The van der Waals surface area contributed by atoms with Gasteiger partial charge in [-0.3, -0.25) is 0 Å². The number of fused-ring (bicyclic) bond motifs is 1. The highest BCUT2D eigenvalue weighted by Crippen LogP contribution is 2.54. The normalized spacial score (nSPS) is 21.0. The molecule has 1 fully saturated rings. The number of hydrogen-bond donors (Lipinski definition) is 3. The van der Waals surface area contributed by atoms with Crippen molar-refractivity contribution >= 4 is 17.4 Å². The predicted molar refractivity (Wildman–Crippen MR) is 120 cm³/mol. The number of hydrogen-bond acceptors (Lipinski definition) is 6. The molecule has 30 heavy (non-hydrogen) atoms. The zero-order chi connectivity index (χ0) is 20.5. The molecule has 1 saturated heterocycles. The van der Waals surface area contributed by atoms with Gasteiger partial charge in [-0.1, -0.05) is 24.3 Å². The maximum Gasteiger partial charge on any atom is 0.140 e. The lowest BCUT2D eigenvalue weighted by atomic mass is 9.99. The Bertz CT molecular complexity index is 1020. The summed E-state index contributed by atoms with van der Waals surface area (Å²) >= 11 is 1.68. The van der Waals surface area contributed by atoms with Crippen molar-refractivity contribution in [2.24, 2.45) is 0 Å². The molecular formula is C24H24N2O3S. The fraction of sp³-hybridized carbons (Fsp3) is 0.250. The van der Waals surface area contributed by atoms with Gasteiger partial charge in [-0.25, -0.2) is 0 Å². The summed E-state index contributed by atoms with van der Waals surface area (Å²) in [6.45, 7) is 4.05. The molecule has 5 rings (SSSR count). The molecule has 154 valence electrons. The molecule has 0 saturated carbocycles. The van der Waals surface area contributed by atoms with E-state index in [0.717, 1.165) is 48.0 Å². The van der Waals surface area contributed by atoms with Crippen LogP contribution in [0.2, 0.25) is 0 Å². The summed E-state index contributed by atoms with van der Waals surface area (Å²) < 4.78 is 6.44. The minimum Gasteiger partial charge on any atom is -0.508 e. The van der Waals surface area contributed by atoms with Crippen LogP contribution in [0.5, 0.6) is 17.2 Å². The van der Waals surface area contributed by atoms with E-state index >= 15 is 0 Å². The van der Waals surface area contributed by atoms with Crippen LogP contribution < -0.4 is 15.0 Å². The van der Waals surface area contributed by atoms with E-state index in [-0.39, 0.29) is 22.9 Å². The number of thioether (sulfide) groups is 1. The minimum atomic E-state index is -0.173. The molecule has 0 bridgehead atoms. The lowest BCUT2D eigenvalue weighted by molar-refractivity contribution is 0.190. The van der Waals surface area contributed by atoms with E-state index in [0.29, 0.717) is 0 Å². The van der Waals surface area contributed by atoms with Gasteiger partial charge >= 0.3 is 0 Å². The average Bonchev–Trinajstić information content (AvgIpc) is 2.79. The number of nitrogens with one attached hydrogen (secondary N) is 1. The van der Waals surface area contributed by atoms with E-state index in [2.05, 4.69) is 34.5 Å². The molecule has 2 unspecified atom stereocenters. The lowest BCUT2D eigenvalue weighted by Gasteiger charge is -2.34. The molecule has 2 aliphatic heterocycles. The third-order valence-corrected chi connectivity index (χ3v) is 6.98. The lowest BCUT2D eigenvalue weighted by Crippen LogP contribution is -2.43. The highest BCUT2D eigenvalue weighted by molar-refractivity contribution is 7.99. The Labute approximate surface area is 180 Å². The smallest absolute Gasteiger partial charge is 0.140 e. The largest absolute Gasteiger partial charge is 0.508 e. The van der Waals surface area contributed by atoms with Gasteiger partial charge in [0.1, 0.15) is 23.4 Å². The van der Waals surface area contributed by atoms with Crippen molar-refractivity contribution < 1.29 is 14.9 Å². The van der Waals surface area contributed by atoms with Gasteiger partial charge in [0, 0.05) is 31.9 Å². The van der Waals surface area contributed by atoms with Crippen LogP contribution in [0.25, 0.3) is 0 Å². The fourth-order valence-electron chi connectivity index (χ4n) is 4.03. The molecule has 0 aromatic heterocycles. The second kappa shape index (κ2) is 8.13. The monoisotopic (exact) mass is 420 g/mol. The van der Waals surface area contributed by atoms with Gasteiger partial charge in [0.25, 0.3) is 0 Å². The first-order valence-corrected chi connectivity index (χ1v) is 11.1. The van der Waals surface area contributed by atoms with Crippen molar-refractivity contribution in [3.63, 3.8) is 0 Å². The summed E-state index contributed by atoms with van der Waals surface area (Å²) in [6.07, 6.45) is -0.173. The summed E-state index contributed by atoms with van der Waals surface area (Å²) in [4.78, 5) is 3.31. The maximum atomic E-state index is 9.91. The molecule has 6 heteroatoms. The highest BCUT2D eigenvalue weighted by Gasteiger charge is 2.33. The van der Waals surface area contributed by atoms with Crippen LogP contribution >= 0.6 is 11.8 Å². The van der Waals surface area contributed by atoms with Gasteiger partial charge < -0.3 is 25.2 Å². The van der Waals surface area contributed by atoms with Crippen LogP contribution in [0, 0.1) is 0 Å². The topological polar surface area (TPSA) is 65.0 Å². The Hall–Kier alpha value is -2.83. The number of phenolic OH excluding ortho intramolecular Hbond substituents is 2. The summed E-state index contributed by atoms with van der Waals surface area (Å²) in [6, 6.07) is 21.2. The molecule has 2 aliphatic rings. The van der Waals surface area contributed by atoms with Crippen LogP contribution in [-0.2, 0) is 0 Å². The predicted octanol–water partition coefficient (Wildman–Crippen LogP) is 4.47. The summed E-state index contributed by atoms with van der Waals surface area (Å²) in [5, 5.41) is 23.0. The number of nitrogens with zero attached hydrogens (tertiary/aromatic N) is 1. The maximum absolute atomic E-state index is 9.91. The molecular weight excluding hydrogens is 396 g/mol. The highest BCUT2D eigenvalue weighted by atomic mass is 32.2. The first-order chi connectivity index (χ1) is 14.7. The first-order valence-electron chi connectivity index (χ1n) is 10.2. The van der Waals surface area contributed by atoms with Crippen LogP contribution in [0.3, 0.4) is 0 Å². The van der Waals surface area contributed by atoms with Gasteiger partial charge in [0.2, 0.25) is 0 Å². The van der Waals surface area contributed by atoms with E-state index < -0.39 is 0 Å². The Morgan fingerprint density at radius 3 is 2.23 bits per heavy atom. The third-order valence-electron chi connectivity index (χ3n) is 5.64. The molecule has 0 radical (unpaired) electrons. The number of phenols is 2. The standard InChI is InChI=1S/C24H24N2O3S/c27-19-7-3-17(4-8-19)24-23(29-21-10-9-20(28)15-22(21)30-24)16-1-5-18(6-2-16)26-13-11-25-12-14-26/h1-10,15,23-25,27-28H,11-14H2. The fourth-order valence-corrected chi connectivity index (χ4v) is 5.36. The van der Waals surface area contributed by atoms with Crippen molar-refractivity contribution in [3.8, 4) is 17.2 Å². The molecule has 3 aromatic rings. The van der Waals surface area contributed by atoms with Crippen LogP contribution in [0.4, 0.5) is 5.69 Å². The average molecular weight is 421 g/mol. The zero-order valence-corrected chi connectivity index (χ0v) is 17.3. The number of anilines is 1. The van der Waals surface area contributed by atoms with E-state index in [4.69, 9.17) is 4.74 Å². The van der Waals surface area contributed by atoms with Crippen molar-refractivity contribution in [1.29, 1.82) is 0 Å².